The smallest absolute Gasteiger partial charge is 0.481 e. The molecule has 0 spiro atoms. The number of allylic oxidation sites excluding steroid dienone is 2. The Morgan fingerprint density at radius 2 is 1.27 bits per heavy atom. The fourth-order valence-electron chi connectivity index (χ4n) is 13.4. The molecule has 2 aliphatic heterocycles. The van der Waals surface area contributed by atoms with Crippen LogP contribution in [0, 0.1) is 50.2 Å². The zero-order valence-corrected chi connectivity index (χ0v) is 38.5. The van der Waals surface area contributed by atoms with Crippen LogP contribution in [-0.4, -0.2) is 132 Å². The summed E-state index contributed by atoms with van der Waals surface area (Å²) < 4.78 is 23.4. The van der Waals surface area contributed by atoms with E-state index in [1.54, 1.807) is 0 Å². The minimum atomic E-state index is -2.05. The topological polar surface area (TPSA) is 267 Å². The van der Waals surface area contributed by atoms with E-state index in [1.165, 1.54) is 0 Å². The fourth-order valence-corrected chi connectivity index (χ4v) is 13.4. The molecule has 2 heterocycles. The Morgan fingerprint density at radius 3 is 1.86 bits per heavy atom. The number of carbonyl (C=O) groups is 4. The molecule has 7 rings (SSSR count). The Labute approximate surface area is 386 Å². The van der Waals surface area contributed by atoms with Gasteiger partial charge in [0.1, 0.15) is 36.6 Å². The SMILES string of the molecule is CC1(C)[C@@H](O[C@H]2O[C@H](C(=O)O)[C@@H](O)[C@H](O)[C@H]2O[C@@H]2O[C@H](C(=O)O)[C@@H](O)[C@H](O)[C@H]2O)CC[C@]2(C)[C@H]3C(=O)C=C4[C@@H]5C[C@@](C)(C(=O)O)CC[C@]5(C)CC[C@@]4(C)[C@]3(C)CC[C@@H]12.[K+]. The summed E-state index contributed by atoms with van der Waals surface area (Å²) in [7, 11) is 0. The summed E-state index contributed by atoms with van der Waals surface area (Å²) >= 11 is 0. The van der Waals surface area contributed by atoms with E-state index in [9.17, 15) is 60.0 Å². The third-order valence-corrected chi connectivity index (χ3v) is 17.2. The van der Waals surface area contributed by atoms with Crippen LogP contribution in [0.1, 0.15) is 106 Å². The number of hydrogen-bond donors (Lipinski definition) is 8. The van der Waals surface area contributed by atoms with Gasteiger partial charge in [-0.25, -0.2) is 9.59 Å². The summed E-state index contributed by atoms with van der Waals surface area (Å²) in [5.74, 6) is -4.47. The molecule has 0 bridgehead atoms. The monoisotopic (exact) mass is 861 g/mol. The van der Waals surface area contributed by atoms with Gasteiger partial charge in [-0.3, -0.25) is 9.59 Å². The number of aliphatic hydroxyl groups is 5. The Balaban J connectivity index is 0.00000585. The molecule has 0 unspecified atom stereocenters. The normalized spacial score (nSPS) is 51.7. The number of ketones is 1. The molecule has 0 amide bonds. The quantitative estimate of drug-likeness (QED) is 0.116. The summed E-state index contributed by atoms with van der Waals surface area (Å²) in [5, 5.41) is 83.0. The molecule has 17 heteroatoms. The molecule has 0 aromatic heterocycles. The standard InChI is InChI=1S/C42H62O16.K/c1-37(2)21-8-11-42(7)31(20(43)16-18-19-17-39(4,36(53)54)13-12-38(19,3)14-15-41(18,42)6)40(21,5)10-9-22(37)55-35-30(26(47)25(46)29(57-35)33(51)52)58-34-27(48)23(44)24(45)28(56-34)32(49)50;/h16,19,21-31,34-35,44-48H,8-15,17H2,1-7H3,(H,49,50)(H,51,52)(H,53,54);/q;+1/t19-,21-,22-,23-,24-,25-,26-,27+,28-,29-,30+,31+,34-,35-,38+,39-,40-,41+,42+;/m0./s1. The number of hydrogen-bond acceptors (Lipinski definition) is 13. The summed E-state index contributed by atoms with van der Waals surface area (Å²) in [6.45, 7) is 14.8. The maximum absolute atomic E-state index is 14.8. The van der Waals surface area contributed by atoms with Crippen molar-refractivity contribution in [2.24, 2.45) is 50.2 Å². The molecule has 59 heavy (non-hydrogen) atoms. The van der Waals surface area contributed by atoms with Crippen molar-refractivity contribution in [2.45, 2.75) is 174 Å². The van der Waals surface area contributed by atoms with Crippen LogP contribution in [0.25, 0.3) is 0 Å². The van der Waals surface area contributed by atoms with Gasteiger partial charge in [-0.1, -0.05) is 47.1 Å². The molecule has 0 aromatic carbocycles. The Bertz CT molecular complexity index is 1740. The molecular weight excluding hydrogens is 800 g/mol. The van der Waals surface area contributed by atoms with E-state index in [1.807, 2.05) is 26.8 Å². The van der Waals surface area contributed by atoms with Crippen LogP contribution in [0.5, 0.6) is 0 Å². The van der Waals surface area contributed by atoms with Gasteiger partial charge in [0.2, 0.25) is 0 Å². The molecule has 0 aromatic rings. The van der Waals surface area contributed by atoms with Crippen LogP contribution >= 0.6 is 0 Å². The molecule has 8 N–H and O–H groups in total. The van der Waals surface area contributed by atoms with Gasteiger partial charge in [0.15, 0.2) is 30.6 Å². The Morgan fingerprint density at radius 1 is 0.695 bits per heavy atom. The Kier molecular flexibility index (Phi) is 12.9. The van der Waals surface area contributed by atoms with Crippen molar-refractivity contribution >= 4 is 23.7 Å². The van der Waals surface area contributed by atoms with E-state index in [0.717, 1.165) is 37.7 Å². The van der Waals surface area contributed by atoms with Gasteiger partial charge in [-0.05, 0) is 110 Å². The molecular formula is C42H62KO16+. The van der Waals surface area contributed by atoms with Gasteiger partial charge < -0.3 is 59.8 Å². The second kappa shape index (κ2) is 16.0. The van der Waals surface area contributed by atoms with Crippen molar-refractivity contribution in [2.75, 3.05) is 0 Å². The summed E-state index contributed by atoms with van der Waals surface area (Å²) in [5.41, 5.74) is -1.81. The van der Waals surface area contributed by atoms with E-state index in [2.05, 4.69) is 27.7 Å². The van der Waals surface area contributed by atoms with Gasteiger partial charge in [0.25, 0.3) is 0 Å². The molecule has 16 nitrogen and oxygen atoms in total. The Hall–Kier alpha value is -0.904. The van der Waals surface area contributed by atoms with Crippen LogP contribution in [0.15, 0.2) is 11.6 Å². The van der Waals surface area contributed by atoms with Gasteiger partial charge in [0, 0.05) is 5.92 Å². The van der Waals surface area contributed by atoms with Gasteiger partial charge in [-0.2, -0.15) is 0 Å². The van der Waals surface area contributed by atoms with Crippen molar-refractivity contribution in [3.8, 4) is 0 Å². The first-order valence-electron chi connectivity index (χ1n) is 20.7. The van der Waals surface area contributed by atoms with Crippen molar-refractivity contribution < 1.29 is 130 Å². The van der Waals surface area contributed by atoms with Crippen molar-refractivity contribution in [3.05, 3.63) is 11.6 Å². The first-order chi connectivity index (χ1) is 26.8. The number of rotatable bonds is 7. The third-order valence-electron chi connectivity index (χ3n) is 17.2. The number of carboxylic acid groups (broad SMARTS) is 3. The van der Waals surface area contributed by atoms with Crippen molar-refractivity contribution in [1.29, 1.82) is 0 Å². The predicted octanol–water partition coefficient (Wildman–Crippen LogP) is -0.750. The number of fused-ring (bicyclic) bond motifs is 7. The number of ether oxygens (including phenoxy) is 4. The molecule has 0 radical (unpaired) electrons. The molecule has 6 fully saturated rings. The summed E-state index contributed by atoms with van der Waals surface area (Å²) in [4.78, 5) is 51.3. The van der Waals surface area contributed by atoms with Crippen LogP contribution in [0.4, 0.5) is 0 Å². The predicted molar refractivity (Wildman–Crippen MR) is 199 cm³/mol. The van der Waals surface area contributed by atoms with Crippen LogP contribution in [0.2, 0.25) is 0 Å². The minimum Gasteiger partial charge on any atom is -0.481 e. The van der Waals surface area contributed by atoms with Crippen LogP contribution in [0.3, 0.4) is 0 Å². The molecule has 19 atom stereocenters. The molecule has 7 aliphatic rings. The minimum absolute atomic E-state index is 0. The first kappa shape index (κ1) is 47.6. The average molecular weight is 862 g/mol. The van der Waals surface area contributed by atoms with E-state index < -0.39 is 107 Å². The van der Waals surface area contributed by atoms with E-state index in [-0.39, 0.29) is 85.8 Å². The molecule has 2 saturated heterocycles. The molecule has 5 aliphatic carbocycles. The third kappa shape index (κ3) is 7.21. The maximum atomic E-state index is 14.8. The van der Waals surface area contributed by atoms with Crippen molar-refractivity contribution in [1.82, 2.24) is 0 Å². The second-order valence-electron chi connectivity index (χ2n) is 20.6. The average Bonchev–Trinajstić information content (AvgIpc) is 3.13. The summed E-state index contributed by atoms with van der Waals surface area (Å²) in [6, 6.07) is 0. The molecule has 326 valence electrons. The van der Waals surface area contributed by atoms with E-state index >= 15 is 0 Å². The van der Waals surface area contributed by atoms with Crippen LogP contribution in [-0.2, 0) is 38.1 Å². The largest absolute Gasteiger partial charge is 1.00 e. The number of carboxylic acids is 3. The maximum Gasteiger partial charge on any atom is 1.00 e. The van der Waals surface area contributed by atoms with Gasteiger partial charge in [-0.15, -0.1) is 0 Å². The number of aliphatic carboxylic acids is 3. The van der Waals surface area contributed by atoms with Crippen LogP contribution < -0.4 is 51.4 Å². The summed E-state index contributed by atoms with van der Waals surface area (Å²) in [6.07, 6.45) is -12.2. The van der Waals surface area contributed by atoms with Crippen molar-refractivity contribution in [3.63, 3.8) is 0 Å². The van der Waals surface area contributed by atoms with Gasteiger partial charge in [0.05, 0.1) is 11.5 Å². The van der Waals surface area contributed by atoms with E-state index in [4.69, 9.17) is 18.9 Å². The molecule has 4 saturated carbocycles. The number of carbonyl (C=O) groups excluding carboxylic acids is 1. The zero-order chi connectivity index (χ0) is 42.9. The number of aliphatic hydroxyl groups excluding tert-OH is 5. The van der Waals surface area contributed by atoms with Gasteiger partial charge >= 0.3 is 69.3 Å². The fraction of sp³-hybridized carbons (Fsp3) is 0.857. The van der Waals surface area contributed by atoms with E-state index in [0.29, 0.717) is 25.7 Å². The second-order valence-corrected chi connectivity index (χ2v) is 20.6. The zero-order valence-electron chi connectivity index (χ0n) is 35.4. The first-order valence-corrected chi connectivity index (χ1v) is 20.7.